The Bertz CT molecular complexity index is 665. The van der Waals surface area contributed by atoms with Crippen LogP contribution in [0.15, 0.2) is 22.6 Å². The lowest BCUT2D eigenvalue weighted by Gasteiger charge is -2.37. The summed E-state index contributed by atoms with van der Waals surface area (Å²) in [7, 11) is 0. The summed E-state index contributed by atoms with van der Waals surface area (Å²) in [6.45, 7) is 6.87. The van der Waals surface area contributed by atoms with Crippen LogP contribution in [0.4, 0.5) is 6.01 Å². The number of benzene rings is 1. The van der Waals surface area contributed by atoms with Crippen molar-refractivity contribution in [1.29, 1.82) is 0 Å². The number of carboxylic acid groups (broad SMARTS) is 1. The molecule has 1 aromatic heterocycles. The molecule has 0 bridgehead atoms. The highest BCUT2D eigenvalue weighted by Crippen LogP contribution is 2.28. The summed E-state index contributed by atoms with van der Waals surface area (Å²) in [6.07, 6.45) is 0. The summed E-state index contributed by atoms with van der Waals surface area (Å²) in [4.78, 5) is 17.8. The number of oxazole rings is 1. The quantitative estimate of drug-likeness (QED) is 0.899. The van der Waals surface area contributed by atoms with Gasteiger partial charge in [0, 0.05) is 25.7 Å². The summed E-state index contributed by atoms with van der Waals surface area (Å²) >= 11 is 0. The van der Waals surface area contributed by atoms with Crippen LogP contribution >= 0.6 is 0 Å². The van der Waals surface area contributed by atoms with Crippen LogP contribution in [0.5, 0.6) is 0 Å². The first-order chi connectivity index (χ1) is 10.1. The van der Waals surface area contributed by atoms with Crippen molar-refractivity contribution >= 4 is 23.1 Å². The van der Waals surface area contributed by atoms with Gasteiger partial charge in [0.2, 0.25) is 0 Å². The van der Waals surface area contributed by atoms with E-state index in [0.717, 1.165) is 19.6 Å². The van der Waals surface area contributed by atoms with E-state index in [2.05, 4.69) is 29.0 Å². The Balaban J connectivity index is 2.04. The van der Waals surface area contributed by atoms with Gasteiger partial charge in [-0.25, -0.2) is 4.79 Å². The van der Waals surface area contributed by atoms with E-state index in [1.807, 2.05) is 0 Å². The van der Waals surface area contributed by atoms with Crippen molar-refractivity contribution < 1.29 is 14.3 Å². The lowest BCUT2D eigenvalue weighted by atomic mass is 10.0. The number of rotatable bonds is 3. The lowest BCUT2D eigenvalue weighted by Crippen LogP contribution is -2.53. The van der Waals surface area contributed by atoms with E-state index in [1.165, 1.54) is 0 Å². The number of hydrogen-bond acceptors (Lipinski definition) is 5. The molecule has 1 aliphatic rings. The Morgan fingerprint density at radius 3 is 3.05 bits per heavy atom. The van der Waals surface area contributed by atoms with E-state index in [9.17, 15) is 9.90 Å². The van der Waals surface area contributed by atoms with Gasteiger partial charge in [0.1, 0.15) is 5.52 Å². The highest BCUT2D eigenvalue weighted by Gasteiger charge is 2.29. The average Bonchev–Trinajstić information content (AvgIpc) is 2.90. The minimum Gasteiger partial charge on any atom is -0.478 e. The van der Waals surface area contributed by atoms with Crippen LogP contribution in [0.1, 0.15) is 24.2 Å². The Morgan fingerprint density at radius 1 is 1.52 bits per heavy atom. The molecular formula is C15H19N3O3. The number of piperazine rings is 1. The third-order valence-electron chi connectivity index (χ3n) is 3.94. The minimum absolute atomic E-state index is 0.179. The summed E-state index contributed by atoms with van der Waals surface area (Å²) in [5.74, 6) is -0.534. The molecule has 6 nitrogen and oxygen atoms in total. The second kappa shape index (κ2) is 5.37. The predicted octanol–water partition coefficient (Wildman–Crippen LogP) is 1.96. The number of carboxylic acids is 1. The molecule has 0 aliphatic carbocycles. The zero-order valence-electron chi connectivity index (χ0n) is 12.2. The van der Waals surface area contributed by atoms with Crippen molar-refractivity contribution in [1.82, 2.24) is 10.3 Å². The molecule has 1 fully saturated rings. The second-order valence-corrected chi connectivity index (χ2v) is 5.66. The van der Waals surface area contributed by atoms with E-state index in [4.69, 9.17) is 4.42 Å². The minimum atomic E-state index is -0.985. The van der Waals surface area contributed by atoms with Gasteiger partial charge in [-0.05, 0) is 18.1 Å². The fourth-order valence-electron chi connectivity index (χ4n) is 2.79. The number of fused-ring (bicyclic) bond motifs is 1. The topological polar surface area (TPSA) is 78.6 Å². The molecular weight excluding hydrogens is 270 g/mol. The standard InChI is InChI=1S/C15H19N3O3/c1-9(2)11-8-16-6-7-18(11)15-17-13-10(14(19)20)4-3-5-12(13)21-15/h3-5,9,11,16H,6-8H2,1-2H3,(H,19,20). The maximum Gasteiger partial charge on any atom is 0.338 e. The van der Waals surface area contributed by atoms with Crippen molar-refractivity contribution in [2.45, 2.75) is 19.9 Å². The molecule has 2 heterocycles. The number of aromatic carboxylic acids is 1. The molecule has 1 aliphatic heterocycles. The molecule has 3 rings (SSSR count). The number of nitrogens with zero attached hydrogens (tertiary/aromatic N) is 2. The number of carbonyl (C=O) groups is 1. The van der Waals surface area contributed by atoms with Gasteiger partial charge in [0.15, 0.2) is 5.58 Å². The SMILES string of the molecule is CC(C)C1CNCCN1c1nc2c(C(=O)O)cccc2o1. The monoisotopic (exact) mass is 289 g/mol. The van der Waals surface area contributed by atoms with Crippen molar-refractivity contribution in [3.8, 4) is 0 Å². The van der Waals surface area contributed by atoms with E-state index >= 15 is 0 Å². The van der Waals surface area contributed by atoms with Crippen LogP contribution in [-0.4, -0.2) is 41.7 Å². The maximum atomic E-state index is 11.3. The highest BCUT2D eigenvalue weighted by atomic mass is 16.4. The highest BCUT2D eigenvalue weighted by molar-refractivity contribution is 6.00. The zero-order valence-corrected chi connectivity index (χ0v) is 12.2. The van der Waals surface area contributed by atoms with Gasteiger partial charge in [-0.15, -0.1) is 0 Å². The lowest BCUT2D eigenvalue weighted by molar-refractivity contribution is 0.0699. The van der Waals surface area contributed by atoms with Gasteiger partial charge < -0.3 is 19.7 Å². The summed E-state index contributed by atoms with van der Waals surface area (Å²) in [5, 5.41) is 12.6. The molecule has 0 spiro atoms. The van der Waals surface area contributed by atoms with Crippen LogP contribution < -0.4 is 10.2 Å². The smallest absolute Gasteiger partial charge is 0.338 e. The molecule has 0 amide bonds. The van der Waals surface area contributed by atoms with E-state index in [1.54, 1.807) is 18.2 Å². The normalized spacial score (nSPS) is 19.4. The number of para-hydroxylation sites is 1. The van der Waals surface area contributed by atoms with E-state index in [-0.39, 0.29) is 5.56 Å². The van der Waals surface area contributed by atoms with Gasteiger partial charge in [-0.1, -0.05) is 19.9 Å². The number of aromatic nitrogens is 1. The van der Waals surface area contributed by atoms with Crippen LogP contribution in [0, 0.1) is 5.92 Å². The van der Waals surface area contributed by atoms with Crippen molar-refractivity contribution in [3.63, 3.8) is 0 Å². The van der Waals surface area contributed by atoms with Crippen molar-refractivity contribution in [2.24, 2.45) is 5.92 Å². The molecule has 1 saturated heterocycles. The van der Waals surface area contributed by atoms with Crippen LogP contribution in [0.3, 0.4) is 0 Å². The van der Waals surface area contributed by atoms with Gasteiger partial charge in [-0.3, -0.25) is 0 Å². The fourth-order valence-corrected chi connectivity index (χ4v) is 2.79. The van der Waals surface area contributed by atoms with Crippen LogP contribution in [-0.2, 0) is 0 Å². The Kier molecular flexibility index (Phi) is 3.55. The van der Waals surface area contributed by atoms with E-state index < -0.39 is 5.97 Å². The first-order valence-corrected chi connectivity index (χ1v) is 7.18. The van der Waals surface area contributed by atoms with Crippen LogP contribution in [0.25, 0.3) is 11.1 Å². The van der Waals surface area contributed by atoms with Gasteiger partial charge in [-0.2, -0.15) is 4.98 Å². The molecule has 1 unspecified atom stereocenters. The Hall–Kier alpha value is -2.08. The summed E-state index contributed by atoms with van der Waals surface area (Å²) < 4.78 is 5.80. The predicted molar refractivity (Wildman–Crippen MR) is 79.8 cm³/mol. The van der Waals surface area contributed by atoms with Gasteiger partial charge >= 0.3 is 5.97 Å². The van der Waals surface area contributed by atoms with Crippen LogP contribution in [0.2, 0.25) is 0 Å². The third-order valence-corrected chi connectivity index (χ3v) is 3.94. The van der Waals surface area contributed by atoms with E-state index in [0.29, 0.717) is 29.1 Å². The first-order valence-electron chi connectivity index (χ1n) is 7.18. The number of nitrogens with one attached hydrogen (secondary N) is 1. The molecule has 6 heteroatoms. The number of hydrogen-bond donors (Lipinski definition) is 2. The fraction of sp³-hybridized carbons (Fsp3) is 0.467. The molecule has 0 saturated carbocycles. The van der Waals surface area contributed by atoms with Crippen molar-refractivity contribution in [3.05, 3.63) is 23.8 Å². The third kappa shape index (κ3) is 2.47. The molecule has 1 aromatic carbocycles. The second-order valence-electron chi connectivity index (χ2n) is 5.66. The van der Waals surface area contributed by atoms with Gasteiger partial charge in [0.05, 0.1) is 5.56 Å². The molecule has 112 valence electrons. The molecule has 1 atom stereocenters. The average molecular weight is 289 g/mol. The van der Waals surface area contributed by atoms with Crippen molar-refractivity contribution in [2.75, 3.05) is 24.5 Å². The Morgan fingerprint density at radius 2 is 2.33 bits per heavy atom. The first kappa shape index (κ1) is 13.9. The molecule has 2 aromatic rings. The largest absolute Gasteiger partial charge is 0.478 e. The Labute approximate surface area is 122 Å². The zero-order chi connectivity index (χ0) is 15.0. The molecule has 0 radical (unpaired) electrons. The maximum absolute atomic E-state index is 11.3. The summed E-state index contributed by atoms with van der Waals surface area (Å²) in [5.41, 5.74) is 1.12. The molecule has 2 N–H and O–H groups in total. The summed E-state index contributed by atoms with van der Waals surface area (Å²) in [6, 6.07) is 5.79. The molecule has 21 heavy (non-hydrogen) atoms. The van der Waals surface area contributed by atoms with Gasteiger partial charge in [0.25, 0.3) is 6.01 Å². The number of anilines is 1.